The molecule has 1 N–H and O–H groups in total. The van der Waals surface area contributed by atoms with Crippen LogP contribution in [-0.2, 0) is 4.79 Å². The Morgan fingerprint density at radius 2 is 1.86 bits per heavy atom. The first kappa shape index (κ1) is 21.0. The SMILES string of the molecule is Cc1cccc(N2CCN(/C=C(/C#N)C(=O)Nc3cc(Cl)ccc3Cl)CC2)c1C. The van der Waals surface area contributed by atoms with Crippen LogP contribution in [0.15, 0.2) is 48.2 Å². The summed E-state index contributed by atoms with van der Waals surface area (Å²) in [5.74, 6) is -0.506. The lowest BCUT2D eigenvalue weighted by Gasteiger charge is -2.36. The first-order valence-corrected chi connectivity index (χ1v) is 10.1. The predicted octanol–water partition coefficient (Wildman–Crippen LogP) is 4.78. The zero-order valence-electron chi connectivity index (χ0n) is 16.4. The summed E-state index contributed by atoms with van der Waals surface area (Å²) >= 11 is 12.0. The molecule has 1 aliphatic heterocycles. The molecule has 0 saturated carbocycles. The molecule has 1 aliphatic rings. The highest BCUT2D eigenvalue weighted by molar-refractivity contribution is 6.35. The fourth-order valence-corrected chi connectivity index (χ4v) is 3.61. The number of anilines is 2. The summed E-state index contributed by atoms with van der Waals surface area (Å²) in [5.41, 5.74) is 4.20. The molecule has 0 spiro atoms. The Morgan fingerprint density at radius 1 is 1.14 bits per heavy atom. The average molecular weight is 429 g/mol. The molecule has 0 aromatic heterocycles. The van der Waals surface area contributed by atoms with Crippen molar-refractivity contribution >= 4 is 40.5 Å². The highest BCUT2D eigenvalue weighted by Gasteiger charge is 2.19. The maximum absolute atomic E-state index is 12.5. The van der Waals surface area contributed by atoms with Crippen molar-refractivity contribution in [3.05, 3.63) is 69.3 Å². The van der Waals surface area contributed by atoms with Gasteiger partial charge >= 0.3 is 0 Å². The van der Waals surface area contributed by atoms with Gasteiger partial charge in [-0.05, 0) is 49.2 Å². The van der Waals surface area contributed by atoms with Gasteiger partial charge in [-0.1, -0.05) is 35.3 Å². The van der Waals surface area contributed by atoms with Crippen LogP contribution in [0, 0.1) is 25.2 Å². The third kappa shape index (κ3) is 5.03. The van der Waals surface area contributed by atoms with E-state index in [-0.39, 0.29) is 5.57 Å². The summed E-state index contributed by atoms with van der Waals surface area (Å²) in [7, 11) is 0. The number of piperazine rings is 1. The van der Waals surface area contributed by atoms with Gasteiger partial charge in [0.25, 0.3) is 5.91 Å². The number of carbonyl (C=O) groups is 1. The van der Waals surface area contributed by atoms with Crippen molar-refractivity contribution in [3.8, 4) is 6.07 Å². The number of rotatable bonds is 4. The van der Waals surface area contributed by atoms with Crippen molar-refractivity contribution in [1.82, 2.24) is 4.90 Å². The first-order chi connectivity index (χ1) is 13.9. The lowest BCUT2D eigenvalue weighted by atomic mass is 10.1. The molecular formula is C22H22Cl2N4O. The third-order valence-corrected chi connectivity index (χ3v) is 5.65. The molecule has 0 unspecified atom stereocenters. The van der Waals surface area contributed by atoms with Crippen LogP contribution >= 0.6 is 23.2 Å². The van der Waals surface area contributed by atoms with Gasteiger partial charge in [0.15, 0.2) is 0 Å². The van der Waals surface area contributed by atoms with Gasteiger partial charge in [-0.15, -0.1) is 0 Å². The summed E-state index contributed by atoms with van der Waals surface area (Å²) in [6.45, 7) is 7.34. The molecule has 5 nitrogen and oxygen atoms in total. The number of benzene rings is 2. The van der Waals surface area contributed by atoms with Crippen molar-refractivity contribution in [2.75, 3.05) is 36.4 Å². The normalized spacial score (nSPS) is 14.5. The molecular weight excluding hydrogens is 407 g/mol. The lowest BCUT2D eigenvalue weighted by molar-refractivity contribution is -0.112. The van der Waals surface area contributed by atoms with E-state index in [1.807, 2.05) is 11.0 Å². The molecule has 1 fully saturated rings. The Labute approximate surface area is 181 Å². The fraction of sp³-hybridized carbons (Fsp3) is 0.273. The van der Waals surface area contributed by atoms with Crippen LogP contribution in [0.25, 0.3) is 0 Å². The molecule has 7 heteroatoms. The smallest absolute Gasteiger partial charge is 0.267 e. The Morgan fingerprint density at radius 3 is 2.55 bits per heavy atom. The minimum atomic E-state index is -0.506. The zero-order chi connectivity index (χ0) is 21.0. The first-order valence-electron chi connectivity index (χ1n) is 9.32. The summed E-state index contributed by atoms with van der Waals surface area (Å²) in [6.07, 6.45) is 1.62. The van der Waals surface area contributed by atoms with Gasteiger partial charge in [0.05, 0.1) is 10.7 Å². The molecule has 1 heterocycles. The molecule has 1 amide bonds. The van der Waals surface area contributed by atoms with Gasteiger partial charge < -0.3 is 15.1 Å². The monoisotopic (exact) mass is 428 g/mol. The van der Waals surface area contributed by atoms with Crippen molar-refractivity contribution in [2.45, 2.75) is 13.8 Å². The van der Waals surface area contributed by atoms with E-state index in [9.17, 15) is 10.1 Å². The summed E-state index contributed by atoms with van der Waals surface area (Å²) < 4.78 is 0. The maximum Gasteiger partial charge on any atom is 0.267 e. The number of carbonyl (C=O) groups excluding carboxylic acids is 1. The van der Waals surface area contributed by atoms with Gasteiger partial charge in [-0.25, -0.2) is 0 Å². The van der Waals surface area contributed by atoms with Gasteiger partial charge in [0.2, 0.25) is 0 Å². The Hall–Kier alpha value is -2.68. The van der Waals surface area contributed by atoms with E-state index in [0.29, 0.717) is 15.7 Å². The van der Waals surface area contributed by atoms with Crippen LogP contribution in [-0.4, -0.2) is 37.0 Å². The molecule has 2 aromatic rings. The minimum Gasteiger partial charge on any atom is -0.373 e. The molecule has 2 aromatic carbocycles. The van der Waals surface area contributed by atoms with E-state index in [4.69, 9.17) is 23.2 Å². The molecule has 0 aliphatic carbocycles. The van der Waals surface area contributed by atoms with E-state index in [2.05, 4.69) is 42.3 Å². The topological polar surface area (TPSA) is 59.4 Å². The van der Waals surface area contributed by atoms with Crippen LogP contribution in [0.2, 0.25) is 10.0 Å². The second-order valence-electron chi connectivity index (χ2n) is 6.97. The molecule has 0 bridgehead atoms. The van der Waals surface area contributed by atoms with Crippen molar-refractivity contribution in [2.24, 2.45) is 0 Å². The van der Waals surface area contributed by atoms with Crippen LogP contribution in [0.5, 0.6) is 0 Å². The van der Waals surface area contributed by atoms with Crippen LogP contribution in [0.3, 0.4) is 0 Å². The van der Waals surface area contributed by atoms with Crippen LogP contribution in [0.1, 0.15) is 11.1 Å². The molecule has 0 atom stereocenters. The van der Waals surface area contributed by atoms with Gasteiger partial charge in [-0.2, -0.15) is 5.26 Å². The summed E-state index contributed by atoms with van der Waals surface area (Å²) in [5, 5.41) is 12.9. The third-order valence-electron chi connectivity index (χ3n) is 5.08. The van der Waals surface area contributed by atoms with Gasteiger partial charge in [-0.3, -0.25) is 4.79 Å². The molecule has 150 valence electrons. The second-order valence-corrected chi connectivity index (χ2v) is 7.82. The minimum absolute atomic E-state index is 0.0289. The summed E-state index contributed by atoms with van der Waals surface area (Å²) in [6, 6.07) is 13.1. The van der Waals surface area contributed by atoms with E-state index < -0.39 is 5.91 Å². The number of nitriles is 1. The Bertz CT molecular complexity index is 989. The molecule has 3 rings (SSSR count). The van der Waals surface area contributed by atoms with Crippen molar-refractivity contribution in [3.63, 3.8) is 0 Å². The van der Waals surface area contributed by atoms with Crippen molar-refractivity contribution < 1.29 is 4.79 Å². The standard InChI is InChI=1S/C22H22Cl2N4O/c1-15-4-3-5-21(16(15)2)28-10-8-27(9-11-28)14-17(13-25)22(29)26-20-12-18(23)6-7-19(20)24/h3-7,12,14H,8-11H2,1-2H3,(H,26,29)/b17-14-. The average Bonchev–Trinajstić information content (AvgIpc) is 2.71. The Kier molecular flexibility index (Phi) is 6.68. The zero-order valence-corrected chi connectivity index (χ0v) is 17.9. The quantitative estimate of drug-likeness (QED) is 0.562. The number of nitrogens with zero attached hydrogens (tertiary/aromatic N) is 3. The molecule has 0 radical (unpaired) electrons. The number of aryl methyl sites for hydroxylation is 1. The molecule has 1 saturated heterocycles. The highest BCUT2D eigenvalue weighted by Crippen LogP contribution is 2.26. The highest BCUT2D eigenvalue weighted by atomic mass is 35.5. The maximum atomic E-state index is 12.5. The number of halogens is 2. The predicted molar refractivity (Wildman–Crippen MR) is 118 cm³/mol. The van der Waals surface area contributed by atoms with Gasteiger partial charge in [0, 0.05) is 43.1 Å². The van der Waals surface area contributed by atoms with E-state index in [1.54, 1.807) is 24.4 Å². The number of nitrogens with one attached hydrogen (secondary N) is 1. The van der Waals surface area contributed by atoms with E-state index in [1.165, 1.54) is 16.8 Å². The van der Waals surface area contributed by atoms with Crippen molar-refractivity contribution in [1.29, 1.82) is 5.26 Å². The number of amides is 1. The lowest BCUT2D eigenvalue weighted by Crippen LogP contribution is -2.44. The van der Waals surface area contributed by atoms with Gasteiger partial charge in [0.1, 0.15) is 11.6 Å². The molecule has 29 heavy (non-hydrogen) atoms. The Balaban J connectivity index is 1.66. The largest absolute Gasteiger partial charge is 0.373 e. The number of hydrogen-bond acceptors (Lipinski definition) is 4. The van der Waals surface area contributed by atoms with E-state index >= 15 is 0 Å². The number of hydrogen-bond donors (Lipinski definition) is 1. The van der Waals surface area contributed by atoms with Crippen LogP contribution in [0.4, 0.5) is 11.4 Å². The fourth-order valence-electron chi connectivity index (χ4n) is 3.27. The van der Waals surface area contributed by atoms with E-state index in [0.717, 1.165) is 26.2 Å². The van der Waals surface area contributed by atoms with Crippen LogP contribution < -0.4 is 10.2 Å². The summed E-state index contributed by atoms with van der Waals surface area (Å²) in [4.78, 5) is 16.8. The second kappa shape index (κ2) is 9.21.